The lowest BCUT2D eigenvalue weighted by atomic mass is 10.1. The number of β-amino-alcohol motifs (C(OH)–C–C–N with tert-alkyl or cyclic N) is 1. The van der Waals surface area contributed by atoms with Gasteiger partial charge in [0.2, 0.25) is 10.0 Å². The number of sulfonamides is 1. The molecular formula is C24H28N6O4S. The van der Waals surface area contributed by atoms with Gasteiger partial charge in [-0.15, -0.1) is 0 Å². The summed E-state index contributed by atoms with van der Waals surface area (Å²) >= 11 is 0. The molecule has 1 amide bonds. The van der Waals surface area contributed by atoms with E-state index >= 15 is 0 Å². The van der Waals surface area contributed by atoms with E-state index in [1.165, 1.54) is 4.31 Å². The van der Waals surface area contributed by atoms with E-state index in [1.807, 2.05) is 12.1 Å². The fraction of sp³-hybridized carbons (Fsp3) is 0.333. The van der Waals surface area contributed by atoms with E-state index in [0.29, 0.717) is 29.2 Å². The summed E-state index contributed by atoms with van der Waals surface area (Å²) in [4.78, 5) is 17.6. The Hall–Kier alpha value is -3.25. The van der Waals surface area contributed by atoms with Crippen LogP contribution in [0.1, 0.15) is 21.6 Å². The number of nitrogens with zero attached hydrogens (tertiary/aromatic N) is 4. The molecule has 2 aliphatic rings. The molecule has 1 fully saturated rings. The summed E-state index contributed by atoms with van der Waals surface area (Å²) in [5.41, 5.74) is 2.90. The number of carbonyl (C=O) groups is 1. The molecule has 10 nitrogen and oxygen atoms in total. The van der Waals surface area contributed by atoms with Gasteiger partial charge in [-0.3, -0.25) is 14.8 Å². The minimum absolute atomic E-state index is 0.139. The van der Waals surface area contributed by atoms with Crippen molar-refractivity contribution in [3.63, 3.8) is 0 Å². The summed E-state index contributed by atoms with van der Waals surface area (Å²) in [5.74, 6) is 0.0443. The van der Waals surface area contributed by atoms with E-state index in [9.17, 15) is 13.2 Å². The van der Waals surface area contributed by atoms with Crippen LogP contribution in [0.5, 0.6) is 0 Å². The molecule has 2 aromatic carbocycles. The normalized spacial score (nSPS) is 16.9. The maximum absolute atomic E-state index is 13.0. The lowest BCUT2D eigenvalue weighted by Gasteiger charge is -2.35. The van der Waals surface area contributed by atoms with E-state index in [2.05, 4.69) is 25.3 Å². The van der Waals surface area contributed by atoms with E-state index in [-0.39, 0.29) is 30.5 Å². The van der Waals surface area contributed by atoms with Crippen molar-refractivity contribution >= 4 is 27.4 Å². The second-order valence-corrected chi connectivity index (χ2v) is 10.6. The van der Waals surface area contributed by atoms with Crippen molar-refractivity contribution in [3.8, 4) is 0 Å². The maximum atomic E-state index is 13.0. The van der Waals surface area contributed by atoms with E-state index in [0.717, 1.165) is 31.9 Å². The predicted molar refractivity (Wildman–Crippen MR) is 132 cm³/mol. The maximum Gasteiger partial charge on any atom is 0.256 e. The molecule has 0 atom stereocenters. The first-order chi connectivity index (χ1) is 17.0. The number of aromatic amines is 1. The molecule has 0 saturated carbocycles. The number of anilines is 2. The molecule has 11 heteroatoms. The molecule has 0 unspecified atom stereocenters. The SMILES string of the molecule is O=C(Nc1n[nH]c2c1CN(S(=O)(=O)c1ccccc1)C2)c1ccc(N2CCN(CCO)CC2)cc1. The summed E-state index contributed by atoms with van der Waals surface area (Å²) in [6, 6.07) is 15.7. The molecule has 3 heterocycles. The van der Waals surface area contributed by atoms with Gasteiger partial charge in [-0.1, -0.05) is 18.2 Å². The van der Waals surface area contributed by atoms with E-state index in [4.69, 9.17) is 5.11 Å². The molecule has 1 aromatic heterocycles. The van der Waals surface area contributed by atoms with Gasteiger partial charge in [-0.2, -0.15) is 9.40 Å². The van der Waals surface area contributed by atoms with Crippen LogP contribution < -0.4 is 10.2 Å². The van der Waals surface area contributed by atoms with Crippen LogP contribution in [0, 0.1) is 0 Å². The Morgan fingerprint density at radius 2 is 1.71 bits per heavy atom. The van der Waals surface area contributed by atoms with Crippen molar-refractivity contribution in [1.82, 2.24) is 19.4 Å². The molecule has 3 N–H and O–H groups in total. The fourth-order valence-corrected chi connectivity index (χ4v) is 5.90. The average molecular weight is 497 g/mol. The smallest absolute Gasteiger partial charge is 0.256 e. The van der Waals surface area contributed by atoms with Gasteiger partial charge in [0.05, 0.1) is 23.7 Å². The molecule has 1 saturated heterocycles. The lowest BCUT2D eigenvalue weighted by molar-refractivity contribution is 0.102. The lowest BCUT2D eigenvalue weighted by Crippen LogP contribution is -2.47. The standard InChI is InChI=1S/C24H28N6O4S/c31-15-14-28-10-12-29(13-11-28)19-8-6-18(7-9-19)24(32)25-23-21-16-30(17-22(21)26-27-23)35(33,34)20-4-2-1-3-5-20/h1-9,31H,10-17H2,(H2,25,26,27,32). The van der Waals surface area contributed by atoms with Gasteiger partial charge < -0.3 is 15.3 Å². The Labute approximate surface area is 204 Å². The Morgan fingerprint density at radius 3 is 2.40 bits per heavy atom. The van der Waals surface area contributed by atoms with Gasteiger partial charge in [0, 0.05) is 56.1 Å². The number of aromatic nitrogens is 2. The first kappa shape index (κ1) is 23.5. The van der Waals surface area contributed by atoms with E-state index < -0.39 is 10.0 Å². The molecule has 0 bridgehead atoms. The third-order valence-corrected chi connectivity index (χ3v) is 8.32. The van der Waals surface area contributed by atoms with Gasteiger partial charge in [0.25, 0.3) is 5.91 Å². The van der Waals surface area contributed by atoms with Crippen molar-refractivity contribution in [2.45, 2.75) is 18.0 Å². The van der Waals surface area contributed by atoms with Crippen LogP contribution in [0.4, 0.5) is 11.5 Å². The Balaban J connectivity index is 1.23. The van der Waals surface area contributed by atoms with Crippen LogP contribution in [0.25, 0.3) is 0 Å². The van der Waals surface area contributed by atoms with Gasteiger partial charge in [-0.05, 0) is 36.4 Å². The largest absolute Gasteiger partial charge is 0.395 e. The highest BCUT2D eigenvalue weighted by atomic mass is 32.2. The van der Waals surface area contributed by atoms with Gasteiger partial charge in [0.1, 0.15) is 0 Å². The van der Waals surface area contributed by atoms with Crippen molar-refractivity contribution in [2.24, 2.45) is 0 Å². The second-order valence-electron chi connectivity index (χ2n) is 8.67. The first-order valence-electron chi connectivity index (χ1n) is 11.6. The molecule has 5 rings (SSSR count). The number of H-pyrrole nitrogens is 1. The number of rotatable bonds is 7. The predicted octanol–water partition coefficient (Wildman–Crippen LogP) is 1.48. The van der Waals surface area contributed by atoms with Crippen molar-refractivity contribution in [3.05, 3.63) is 71.4 Å². The van der Waals surface area contributed by atoms with Gasteiger partial charge >= 0.3 is 0 Å². The number of nitrogens with one attached hydrogen (secondary N) is 2. The van der Waals surface area contributed by atoms with Gasteiger partial charge in [0.15, 0.2) is 5.82 Å². The molecule has 0 radical (unpaired) electrons. The summed E-state index contributed by atoms with van der Waals surface area (Å²) in [7, 11) is -3.64. The Kier molecular flexibility index (Phi) is 6.56. The van der Waals surface area contributed by atoms with Crippen LogP contribution in [0.3, 0.4) is 0 Å². The van der Waals surface area contributed by atoms with E-state index in [1.54, 1.807) is 42.5 Å². The molecule has 0 spiro atoms. The highest BCUT2D eigenvalue weighted by Gasteiger charge is 2.34. The fourth-order valence-electron chi connectivity index (χ4n) is 4.50. The number of piperazine rings is 1. The number of aliphatic hydroxyl groups excluding tert-OH is 1. The highest BCUT2D eigenvalue weighted by molar-refractivity contribution is 7.89. The Morgan fingerprint density at radius 1 is 1.00 bits per heavy atom. The molecule has 2 aliphatic heterocycles. The zero-order valence-electron chi connectivity index (χ0n) is 19.2. The molecule has 35 heavy (non-hydrogen) atoms. The summed E-state index contributed by atoms with van der Waals surface area (Å²) < 4.78 is 27.3. The number of benzene rings is 2. The number of amides is 1. The zero-order valence-corrected chi connectivity index (χ0v) is 20.0. The second kappa shape index (κ2) is 9.78. The average Bonchev–Trinajstić information content (AvgIpc) is 3.48. The molecule has 0 aliphatic carbocycles. The summed E-state index contributed by atoms with van der Waals surface area (Å²) in [6.45, 7) is 4.70. The number of aliphatic hydroxyl groups is 1. The minimum atomic E-state index is -3.64. The summed E-state index contributed by atoms with van der Waals surface area (Å²) in [5, 5.41) is 19.0. The zero-order chi connectivity index (χ0) is 24.4. The monoisotopic (exact) mass is 496 g/mol. The molecular weight excluding hydrogens is 468 g/mol. The summed E-state index contributed by atoms with van der Waals surface area (Å²) in [6.07, 6.45) is 0. The topological polar surface area (TPSA) is 122 Å². The van der Waals surface area contributed by atoms with Crippen molar-refractivity contribution in [1.29, 1.82) is 0 Å². The highest BCUT2D eigenvalue weighted by Crippen LogP contribution is 2.31. The van der Waals surface area contributed by atoms with Crippen molar-refractivity contribution < 1.29 is 18.3 Å². The number of hydrogen-bond donors (Lipinski definition) is 3. The van der Waals surface area contributed by atoms with Crippen LogP contribution >= 0.6 is 0 Å². The van der Waals surface area contributed by atoms with Crippen LogP contribution in [0.2, 0.25) is 0 Å². The molecule has 184 valence electrons. The number of hydrogen-bond acceptors (Lipinski definition) is 7. The van der Waals surface area contributed by atoms with Crippen LogP contribution in [-0.2, 0) is 23.1 Å². The Bertz CT molecular complexity index is 1290. The minimum Gasteiger partial charge on any atom is -0.395 e. The first-order valence-corrected chi connectivity index (χ1v) is 13.0. The van der Waals surface area contributed by atoms with Crippen LogP contribution in [0.15, 0.2) is 59.5 Å². The van der Waals surface area contributed by atoms with Crippen LogP contribution in [-0.4, -0.2) is 78.2 Å². The van der Waals surface area contributed by atoms with Crippen molar-refractivity contribution in [2.75, 3.05) is 49.5 Å². The third kappa shape index (κ3) is 4.80. The van der Waals surface area contributed by atoms with Gasteiger partial charge in [-0.25, -0.2) is 8.42 Å². The quantitative estimate of drug-likeness (QED) is 0.453. The molecule has 3 aromatic rings. The third-order valence-electron chi connectivity index (χ3n) is 6.52. The number of carbonyl (C=O) groups excluding carboxylic acids is 1. The number of fused-ring (bicyclic) bond motifs is 1.